The van der Waals surface area contributed by atoms with Crippen LogP contribution in [-0.2, 0) is 51.4 Å². The third-order valence-electron chi connectivity index (χ3n) is 10.1. The third-order valence-corrected chi connectivity index (χ3v) is 15.5. The molecule has 0 aromatic heterocycles. The zero-order valence-electron chi connectivity index (χ0n) is 31.3. The van der Waals surface area contributed by atoms with Gasteiger partial charge in [-0.2, -0.15) is 0 Å². The molecule has 0 fully saturated rings. The van der Waals surface area contributed by atoms with Crippen LogP contribution in [0.15, 0.2) is 72.8 Å². The summed E-state index contributed by atoms with van der Waals surface area (Å²) in [5, 5.41) is 6.33. The lowest BCUT2D eigenvalue weighted by atomic mass is 10.1. The molecule has 0 saturated heterocycles. The maximum Gasteiger partial charge on any atom is -0.0151 e. The molecule has 4 rings (SSSR count). The molecule has 4 aromatic rings. The average Bonchev–Trinajstić information content (AvgIpc) is 3.10. The molecule has 0 saturated carbocycles. The minimum Gasteiger partial charge on any atom is -0.0613 e. The van der Waals surface area contributed by atoms with E-state index < -0.39 is 15.8 Å². The van der Waals surface area contributed by atoms with Gasteiger partial charge < -0.3 is 0 Å². The highest BCUT2D eigenvalue weighted by molar-refractivity contribution is 7.74. The lowest BCUT2D eigenvalue weighted by Gasteiger charge is -2.33. The molecule has 0 amide bonds. The van der Waals surface area contributed by atoms with Crippen molar-refractivity contribution in [3.63, 3.8) is 0 Å². The maximum atomic E-state index is 2.59. The first kappa shape index (κ1) is 37.6. The van der Waals surface area contributed by atoms with E-state index in [1.165, 1.54) is 50.9 Å². The topological polar surface area (TPSA) is 0 Å². The molecule has 47 heavy (non-hydrogen) atoms. The largest absolute Gasteiger partial charge is 0.0613 e. The number of benzene rings is 4. The Bertz CT molecular complexity index is 1280. The van der Waals surface area contributed by atoms with Crippen molar-refractivity contribution < 1.29 is 0 Å². The Labute approximate surface area is 291 Å². The summed E-state index contributed by atoms with van der Waals surface area (Å²) in [7, 11) is -1.04. The van der Waals surface area contributed by atoms with Gasteiger partial charge in [-0.25, -0.2) is 0 Å². The molecule has 2 unspecified atom stereocenters. The van der Waals surface area contributed by atoms with Crippen molar-refractivity contribution in [2.45, 2.75) is 138 Å². The molecule has 2 heteroatoms. The molecule has 0 aliphatic rings. The molecule has 2 atom stereocenters. The van der Waals surface area contributed by atoms with Crippen LogP contribution in [0.5, 0.6) is 0 Å². The number of hydrogen-bond acceptors (Lipinski definition) is 0. The van der Waals surface area contributed by atoms with Crippen LogP contribution in [0.3, 0.4) is 0 Å². The summed E-state index contributed by atoms with van der Waals surface area (Å²) in [4.78, 5) is 0. The summed E-state index contributed by atoms with van der Waals surface area (Å²) in [5.41, 5.74) is 13.1. The van der Waals surface area contributed by atoms with Crippen molar-refractivity contribution in [2.24, 2.45) is 0 Å². The SMILES string of the molecule is CCc1cc(CC)cc(P(c2cc(CC)cc(CC)c2)C(C)CC(C)P(c2cc(CC)cc(CC)c2)c2cc(CC)cc(CC)c2)c1. The highest BCUT2D eigenvalue weighted by atomic mass is 31.1. The fraction of sp³-hybridized carbons (Fsp3) is 0.467. The van der Waals surface area contributed by atoms with Gasteiger partial charge in [0.15, 0.2) is 0 Å². The molecule has 0 radical (unpaired) electrons. The first-order valence-electron chi connectivity index (χ1n) is 18.8. The Morgan fingerprint density at radius 1 is 0.319 bits per heavy atom. The second-order valence-corrected chi connectivity index (χ2v) is 18.8. The summed E-state index contributed by atoms with van der Waals surface area (Å²) in [5.74, 6) is 0. The highest BCUT2D eigenvalue weighted by Gasteiger charge is 2.29. The van der Waals surface area contributed by atoms with E-state index in [1.54, 1.807) is 21.2 Å². The van der Waals surface area contributed by atoms with Gasteiger partial charge in [0, 0.05) is 0 Å². The summed E-state index contributed by atoms with van der Waals surface area (Å²) >= 11 is 0. The third kappa shape index (κ3) is 9.46. The molecule has 0 aliphatic carbocycles. The summed E-state index contributed by atoms with van der Waals surface area (Å²) in [6.07, 6.45) is 9.97. The van der Waals surface area contributed by atoms with Gasteiger partial charge >= 0.3 is 0 Å². The van der Waals surface area contributed by atoms with E-state index in [4.69, 9.17) is 0 Å². The Morgan fingerprint density at radius 3 is 0.638 bits per heavy atom. The minimum atomic E-state index is -0.522. The van der Waals surface area contributed by atoms with Gasteiger partial charge in [-0.3, -0.25) is 0 Å². The van der Waals surface area contributed by atoms with Gasteiger partial charge in [-0.1, -0.05) is 142 Å². The fourth-order valence-corrected chi connectivity index (χ4v) is 13.5. The van der Waals surface area contributed by atoms with Crippen LogP contribution in [0.2, 0.25) is 0 Å². The maximum absolute atomic E-state index is 2.59. The van der Waals surface area contributed by atoms with E-state index in [0.717, 1.165) is 51.4 Å². The molecule has 0 N–H and O–H groups in total. The van der Waals surface area contributed by atoms with E-state index in [1.807, 2.05) is 0 Å². The van der Waals surface area contributed by atoms with Crippen LogP contribution >= 0.6 is 15.8 Å². The minimum absolute atomic E-state index is 0.522. The fourth-order valence-electron chi connectivity index (χ4n) is 7.18. The van der Waals surface area contributed by atoms with Crippen LogP contribution in [0.25, 0.3) is 0 Å². The Kier molecular flexibility index (Phi) is 14.3. The van der Waals surface area contributed by atoms with Gasteiger partial charge in [-0.15, -0.1) is 0 Å². The van der Waals surface area contributed by atoms with Gasteiger partial charge in [0.05, 0.1) is 0 Å². The monoisotopic (exact) mass is 664 g/mol. The number of hydrogen-bond donors (Lipinski definition) is 0. The van der Waals surface area contributed by atoms with Gasteiger partial charge in [0.1, 0.15) is 0 Å². The lowest BCUT2D eigenvalue weighted by Crippen LogP contribution is -2.27. The van der Waals surface area contributed by atoms with Crippen molar-refractivity contribution in [3.8, 4) is 0 Å². The zero-order chi connectivity index (χ0) is 34.1. The van der Waals surface area contributed by atoms with Crippen molar-refractivity contribution in [1.29, 1.82) is 0 Å². The molecule has 4 aromatic carbocycles. The first-order chi connectivity index (χ1) is 22.7. The highest BCUT2D eigenvalue weighted by Crippen LogP contribution is 2.49. The van der Waals surface area contributed by atoms with Crippen LogP contribution in [-0.4, -0.2) is 11.3 Å². The molecular weight excluding hydrogens is 602 g/mol. The smallest absolute Gasteiger partial charge is 0.0151 e. The van der Waals surface area contributed by atoms with Crippen molar-refractivity contribution in [1.82, 2.24) is 0 Å². The lowest BCUT2D eigenvalue weighted by molar-refractivity contribution is 0.793. The van der Waals surface area contributed by atoms with E-state index >= 15 is 0 Å². The van der Waals surface area contributed by atoms with Crippen LogP contribution in [0, 0.1) is 0 Å². The quantitative estimate of drug-likeness (QED) is 0.105. The Morgan fingerprint density at radius 2 is 0.489 bits per heavy atom. The summed E-state index contributed by atoms with van der Waals surface area (Å²) < 4.78 is 0. The molecule has 0 nitrogen and oxygen atoms in total. The first-order valence-corrected chi connectivity index (χ1v) is 21.6. The van der Waals surface area contributed by atoms with Crippen LogP contribution in [0.4, 0.5) is 0 Å². The van der Waals surface area contributed by atoms with Crippen molar-refractivity contribution in [3.05, 3.63) is 117 Å². The van der Waals surface area contributed by atoms with Crippen LogP contribution < -0.4 is 21.2 Å². The van der Waals surface area contributed by atoms with Gasteiger partial charge in [-0.05, 0) is 151 Å². The second kappa shape index (κ2) is 17.9. The predicted octanol–water partition coefficient (Wildman–Crippen LogP) is 10.9. The number of rotatable bonds is 16. The van der Waals surface area contributed by atoms with E-state index in [-0.39, 0.29) is 0 Å². The van der Waals surface area contributed by atoms with Crippen molar-refractivity contribution >= 4 is 37.1 Å². The van der Waals surface area contributed by atoms with Gasteiger partial charge in [0.25, 0.3) is 0 Å². The summed E-state index contributed by atoms with van der Waals surface area (Å²) in [6, 6.07) is 30.3. The predicted molar refractivity (Wildman–Crippen MR) is 217 cm³/mol. The van der Waals surface area contributed by atoms with E-state index in [0.29, 0.717) is 11.3 Å². The van der Waals surface area contributed by atoms with E-state index in [2.05, 4.69) is 142 Å². The molecule has 0 heterocycles. The average molecular weight is 665 g/mol. The molecule has 252 valence electrons. The molecule has 0 bridgehead atoms. The zero-order valence-corrected chi connectivity index (χ0v) is 33.1. The number of aryl methyl sites for hydroxylation is 8. The molecule has 0 aliphatic heterocycles. The standard InChI is InChI=1S/C45H62P2/c1-11-34-20-35(12-2)25-42(24-34)46(43-26-36(13-3)21-37(14-4)27-43)32(9)19-33(10)47(44-28-38(15-5)22-39(16-6)29-44)45-30-40(17-7)23-41(18-8)31-45/h20-33H,11-19H2,1-10H3. The molecular formula is C45H62P2. The molecule has 0 spiro atoms. The Hall–Kier alpha value is -2.26. The van der Waals surface area contributed by atoms with Gasteiger partial charge in [0.2, 0.25) is 0 Å². The Balaban J connectivity index is 1.87. The van der Waals surface area contributed by atoms with Crippen molar-refractivity contribution in [2.75, 3.05) is 0 Å². The summed E-state index contributed by atoms with van der Waals surface area (Å²) in [6.45, 7) is 23.7. The van der Waals surface area contributed by atoms with Crippen LogP contribution in [0.1, 0.15) is 120 Å². The van der Waals surface area contributed by atoms with E-state index in [9.17, 15) is 0 Å². The second-order valence-electron chi connectivity index (χ2n) is 13.5. The normalized spacial score (nSPS) is 13.0.